The molecular formula is C20H21NO4. The lowest BCUT2D eigenvalue weighted by atomic mass is 9.96. The van der Waals surface area contributed by atoms with E-state index in [1.165, 1.54) is 13.8 Å². The van der Waals surface area contributed by atoms with Crippen LogP contribution < -0.4 is 14.8 Å². The van der Waals surface area contributed by atoms with Gasteiger partial charge in [0.2, 0.25) is 5.91 Å². The largest absolute Gasteiger partial charge is 0.493 e. The van der Waals surface area contributed by atoms with Gasteiger partial charge in [0, 0.05) is 12.6 Å². The summed E-state index contributed by atoms with van der Waals surface area (Å²) in [6.45, 7) is 2.96. The van der Waals surface area contributed by atoms with Crippen LogP contribution in [0.2, 0.25) is 0 Å². The van der Waals surface area contributed by atoms with Gasteiger partial charge in [-0.25, -0.2) is 0 Å². The van der Waals surface area contributed by atoms with Crippen molar-refractivity contribution in [1.29, 1.82) is 0 Å². The minimum absolute atomic E-state index is 0.0595. The predicted molar refractivity (Wildman–Crippen MR) is 98.1 cm³/mol. The first-order valence-electron chi connectivity index (χ1n) is 7.77. The highest BCUT2D eigenvalue weighted by molar-refractivity contribution is 5.99. The van der Waals surface area contributed by atoms with E-state index in [0.717, 1.165) is 16.7 Å². The van der Waals surface area contributed by atoms with Crippen molar-refractivity contribution >= 4 is 23.0 Å². The Hall–Kier alpha value is -3.08. The fourth-order valence-corrected chi connectivity index (χ4v) is 2.48. The molecule has 0 radical (unpaired) electrons. The number of carbonyl (C=O) groups excluding carboxylic acids is 2. The zero-order chi connectivity index (χ0) is 18.4. The van der Waals surface area contributed by atoms with Gasteiger partial charge in [-0.05, 0) is 54.0 Å². The molecule has 0 unspecified atom stereocenters. The number of hydrogen-bond donors (Lipinski definition) is 1. The maximum absolute atomic E-state index is 11.7. The normalized spacial score (nSPS) is 11.0. The van der Waals surface area contributed by atoms with Gasteiger partial charge in [0.05, 0.1) is 14.2 Å². The smallest absolute Gasteiger partial charge is 0.221 e. The predicted octanol–water partition coefficient (Wildman–Crippen LogP) is 3.68. The van der Waals surface area contributed by atoms with Crippen LogP contribution in [0.5, 0.6) is 11.5 Å². The van der Waals surface area contributed by atoms with Crippen molar-refractivity contribution < 1.29 is 19.1 Å². The fourth-order valence-electron chi connectivity index (χ4n) is 2.48. The standard InChI is InChI=1S/C20H21NO4/c1-13(22)11-18(15-5-8-17(9-6-15)21-14(2)23)16-7-10-19(24-3)20(12-16)25-4/h5-12H,1-4H3,(H,21,23)/b18-11-. The monoisotopic (exact) mass is 339 g/mol. The summed E-state index contributed by atoms with van der Waals surface area (Å²) < 4.78 is 10.6. The Kier molecular flexibility index (Phi) is 5.95. The number of rotatable bonds is 6. The van der Waals surface area contributed by atoms with Crippen LogP contribution in [-0.2, 0) is 9.59 Å². The number of methoxy groups -OCH3 is 2. The number of ether oxygens (including phenoxy) is 2. The van der Waals surface area contributed by atoms with E-state index in [0.29, 0.717) is 17.2 Å². The summed E-state index contributed by atoms with van der Waals surface area (Å²) in [6, 6.07) is 12.8. The Morgan fingerprint density at radius 2 is 1.48 bits per heavy atom. The minimum atomic E-state index is -0.132. The summed E-state index contributed by atoms with van der Waals surface area (Å²) in [4.78, 5) is 22.8. The van der Waals surface area contributed by atoms with Crippen molar-refractivity contribution in [2.45, 2.75) is 13.8 Å². The molecule has 130 valence electrons. The summed E-state index contributed by atoms with van der Waals surface area (Å²) in [5.74, 6) is 1.02. The Morgan fingerprint density at radius 3 is 2.00 bits per heavy atom. The van der Waals surface area contributed by atoms with Gasteiger partial charge in [0.15, 0.2) is 17.3 Å². The van der Waals surface area contributed by atoms with Gasteiger partial charge in [-0.2, -0.15) is 0 Å². The van der Waals surface area contributed by atoms with E-state index in [1.54, 1.807) is 38.5 Å². The first kappa shape index (κ1) is 18.3. The number of ketones is 1. The van der Waals surface area contributed by atoms with Crippen molar-refractivity contribution in [2.75, 3.05) is 19.5 Å². The Balaban J connectivity index is 2.47. The van der Waals surface area contributed by atoms with Crippen molar-refractivity contribution in [3.8, 4) is 11.5 Å². The summed E-state index contributed by atoms with van der Waals surface area (Å²) in [5.41, 5.74) is 3.16. The highest BCUT2D eigenvalue weighted by atomic mass is 16.5. The molecule has 0 saturated heterocycles. The number of nitrogens with one attached hydrogen (secondary N) is 1. The molecule has 2 aromatic carbocycles. The topological polar surface area (TPSA) is 64.6 Å². The van der Waals surface area contributed by atoms with E-state index in [-0.39, 0.29) is 11.7 Å². The molecule has 5 heteroatoms. The van der Waals surface area contributed by atoms with E-state index in [1.807, 2.05) is 24.3 Å². The number of hydrogen-bond acceptors (Lipinski definition) is 4. The lowest BCUT2D eigenvalue weighted by Crippen LogP contribution is -2.05. The second kappa shape index (κ2) is 8.15. The molecule has 1 N–H and O–H groups in total. The van der Waals surface area contributed by atoms with E-state index in [2.05, 4.69) is 5.32 Å². The Labute approximate surface area is 147 Å². The zero-order valence-corrected chi connectivity index (χ0v) is 14.8. The molecule has 0 fully saturated rings. The first-order chi connectivity index (χ1) is 11.9. The average Bonchev–Trinajstić information content (AvgIpc) is 2.59. The van der Waals surface area contributed by atoms with Crippen LogP contribution in [0.4, 0.5) is 5.69 Å². The SMILES string of the molecule is COc1ccc(/C(=C\C(C)=O)c2ccc(NC(C)=O)cc2)cc1OC. The van der Waals surface area contributed by atoms with Crippen molar-refractivity contribution in [3.05, 3.63) is 59.7 Å². The zero-order valence-electron chi connectivity index (χ0n) is 14.8. The van der Waals surface area contributed by atoms with E-state index in [9.17, 15) is 9.59 Å². The molecule has 0 heterocycles. The van der Waals surface area contributed by atoms with Crippen LogP contribution in [0.15, 0.2) is 48.5 Å². The maximum Gasteiger partial charge on any atom is 0.221 e. The minimum Gasteiger partial charge on any atom is -0.493 e. The Morgan fingerprint density at radius 1 is 0.880 bits per heavy atom. The van der Waals surface area contributed by atoms with Crippen molar-refractivity contribution in [1.82, 2.24) is 0 Å². The van der Waals surface area contributed by atoms with Gasteiger partial charge in [0.25, 0.3) is 0 Å². The van der Waals surface area contributed by atoms with E-state index >= 15 is 0 Å². The van der Waals surface area contributed by atoms with Gasteiger partial charge in [-0.3, -0.25) is 9.59 Å². The molecule has 2 rings (SSSR count). The van der Waals surface area contributed by atoms with Crippen LogP contribution in [0.25, 0.3) is 5.57 Å². The van der Waals surface area contributed by atoms with Gasteiger partial charge >= 0.3 is 0 Å². The third-order valence-corrected chi connectivity index (χ3v) is 3.56. The summed E-state index contributed by atoms with van der Waals surface area (Å²) in [6.07, 6.45) is 1.58. The quantitative estimate of drug-likeness (QED) is 0.815. The fraction of sp³-hybridized carbons (Fsp3) is 0.200. The van der Waals surface area contributed by atoms with Crippen LogP contribution in [0.1, 0.15) is 25.0 Å². The third-order valence-electron chi connectivity index (χ3n) is 3.56. The molecule has 0 bridgehead atoms. The van der Waals surface area contributed by atoms with Crippen molar-refractivity contribution in [2.24, 2.45) is 0 Å². The molecule has 0 aromatic heterocycles. The molecule has 25 heavy (non-hydrogen) atoms. The molecule has 0 saturated carbocycles. The Bertz CT molecular complexity index is 807. The molecule has 0 aliphatic carbocycles. The lowest BCUT2D eigenvalue weighted by molar-refractivity contribution is -0.114. The maximum atomic E-state index is 11.7. The molecule has 0 atom stereocenters. The average molecular weight is 339 g/mol. The second-order valence-corrected chi connectivity index (χ2v) is 5.50. The molecule has 1 amide bonds. The van der Waals surface area contributed by atoms with E-state index in [4.69, 9.17) is 9.47 Å². The summed E-state index contributed by atoms with van der Waals surface area (Å²) in [5, 5.41) is 2.72. The highest BCUT2D eigenvalue weighted by Gasteiger charge is 2.11. The number of allylic oxidation sites excluding steroid dienone is 1. The van der Waals surface area contributed by atoms with Gasteiger partial charge in [0.1, 0.15) is 0 Å². The van der Waals surface area contributed by atoms with Crippen LogP contribution in [0.3, 0.4) is 0 Å². The molecule has 2 aromatic rings. The summed E-state index contributed by atoms with van der Waals surface area (Å²) >= 11 is 0. The summed E-state index contributed by atoms with van der Waals surface area (Å²) in [7, 11) is 3.14. The molecule has 0 aliphatic heterocycles. The molecule has 5 nitrogen and oxygen atoms in total. The molecule has 0 aliphatic rings. The third kappa shape index (κ3) is 4.70. The molecule has 0 spiro atoms. The van der Waals surface area contributed by atoms with Gasteiger partial charge in [-0.15, -0.1) is 0 Å². The second-order valence-electron chi connectivity index (χ2n) is 5.50. The van der Waals surface area contributed by atoms with Crippen LogP contribution in [-0.4, -0.2) is 25.9 Å². The first-order valence-corrected chi connectivity index (χ1v) is 7.77. The van der Waals surface area contributed by atoms with Gasteiger partial charge in [-0.1, -0.05) is 18.2 Å². The lowest BCUT2D eigenvalue weighted by Gasteiger charge is -2.13. The number of amides is 1. The van der Waals surface area contributed by atoms with Gasteiger partial charge < -0.3 is 14.8 Å². The van der Waals surface area contributed by atoms with Crippen LogP contribution >= 0.6 is 0 Å². The number of benzene rings is 2. The molecular weight excluding hydrogens is 318 g/mol. The number of anilines is 1. The van der Waals surface area contributed by atoms with Crippen LogP contribution in [0, 0.1) is 0 Å². The van der Waals surface area contributed by atoms with E-state index < -0.39 is 0 Å². The van der Waals surface area contributed by atoms with Crippen molar-refractivity contribution in [3.63, 3.8) is 0 Å². The highest BCUT2D eigenvalue weighted by Crippen LogP contribution is 2.33. The number of carbonyl (C=O) groups is 2.